The number of carbonyl (C=O) groups is 1. The van der Waals surface area contributed by atoms with Crippen LogP contribution in [-0.4, -0.2) is 29.0 Å². The molecule has 27 heavy (non-hydrogen) atoms. The highest BCUT2D eigenvalue weighted by Crippen LogP contribution is 2.28. The first-order valence-corrected chi connectivity index (χ1v) is 8.85. The Morgan fingerprint density at radius 1 is 1.15 bits per heavy atom. The van der Waals surface area contributed by atoms with Crippen molar-refractivity contribution in [2.75, 3.05) is 18.9 Å². The van der Waals surface area contributed by atoms with Crippen LogP contribution in [0.2, 0.25) is 5.15 Å². The molecule has 0 radical (unpaired) electrons. The average Bonchev–Trinajstić information content (AvgIpc) is 2.68. The van der Waals surface area contributed by atoms with Crippen molar-refractivity contribution < 1.29 is 9.53 Å². The van der Waals surface area contributed by atoms with Gasteiger partial charge in [-0.05, 0) is 42.8 Å². The molecular weight excluding hydrogens is 364 g/mol. The number of rotatable bonds is 7. The van der Waals surface area contributed by atoms with Crippen LogP contribution in [0.3, 0.4) is 0 Å². The summed E-state index contributed by atoms with van der Waals surface area (Å²) in [5.41, 5.74) is 8.48. The average molecular weight is 383 g/mol. The van der Waals surface area contributed by atoms with E-state index in [-0.39, 0.29) is 5.91 Å². The second kappa shape index (κ2) is 9.00. The summed E-state index contributed by atoms with van der Waals surface area (Å²) in [6.45, 7) is 0.949. The number of carbonyl (C=O) groups excluding carboxylic acids is 1. The highest BCUT2D eigenvalue weighted by molar-refractivity contribution is 6.29. The van der Waals surface area contributed by atoms with Gasteiger partial charge >= 0.3 is 0 Å². The molecule has 6 nitrogen and oxygen atoms in total. The van der Waals surface area contributed by atoms with Crippen molar-refractivity contribution >= 4 is 23.2 Å². The molecular formula is C20H19ClN4O2. The first kappa shape index (κ1) is 18.7. The van der Waals surface area contributed by atoms with E-state index < -0.39 is 0 Å². The van der Waals surface area contributed by atoms with E-state index in [0.717, 1.165) is 17.0 Å². The minimum atomic E-state index is -0.189. The van der Waals surface area contributed by atoms with Crippen LogP contribution in [0.5, 0.6) is 5.75 Å². The monoisotopic (exact) mass is 382 g/mol. The number of aromatic nitrogens is 2. The van der Waals surface area contributed by atoms with Crippen molar-refractivity contribution in [2.45, 2.75) is 6.42 Å². The first-order valence-electron chi connectivity index (χ1n) is 8.47. The number of hydrogen-bond donors (Lipinski definition) is 2. The molecule has 7 heteroatoms. The van der Waals surface area contributed by atoms with E-state index in [4.69, 9.17) is 22.1 Å². The predicted molar refractivity (Wildman–Crippen MR) is 106 cm³/mol. The maximum Gasteiger partial charge on any atom is 0.251 e. The Morgan fingerprint density at radius 3 is 2.78 bits per heavy atom. The van der Waals surface area contributed by atoms with Crippen molar-refractivity contribution in [2.24, 2.45) is 0 Å². The molecule has 3 aromatic rings. The lowest BCUT2D eigenvalue weighted by molar-refractivity contribution is 0.0951. The fraction of sp³-hybridized carbons (Fsp3) is 0.150. The maximum atomic E-state index is 12.0. The molecule has 0 aliphatic rings. The molecule has 0 bridgehead atoms. The first-order chi connectivity index (χ1) is 13.1. The van der Waals surface area contributed by atoms with Crippen LogP contribution < -0.4 is 15.8 Å². The molecule has 0 fully saturated rings. The van der Waals surface area contributed by atoms with Gasteiger partial charge in [0.2, 0.25) is 0 Å². The number of ether oxygens (including phenoxy) is 1. The highest BCUT2D eigenvalue weighted by atomic mass is 35.5. The Kier molecular flexibility index (Phi) is 6.22. The number of nitrogens with one attached hydrogen (secondary N) is 1. The zero-order valence-corrected chi connectivity index (χ0v) is 15.3. The minimum Gasteiger partial charge on any atom is -0.493 e. The molecule has 0 aliphatic heterocycles. The number of pyridine rings is 2. The molecule has 2 aromatic heterocycles. The van der Waals surface area contributed by atoms with Gasteiger partial charge in [-0.15, -0.1) is 0 Å². The Bertz CT molecular complexity index is 916. The number of nitrogen functional groups attached to an aromatic ring is 1. The molecule has 3 rings (SSSR count). The summed E-state index contributed by atoms with van der Waals surface area (Å²) >= 11 is 5.79. The molecule has 1 amide bonds. The number of nitrogens with two attached hydrogens (primary N) is 1. The van der Waals surface area contributed by atoms with Crippen LogP contribution in [0, 0.1) is 0 Å². The van der Waals surface area contributed by atoms with Crippen molar-refractivity contribution in [3.63, 3.8) is 0 Å². The number of amides is 1. The fourth-order valence-electron chi connectivity index (χ4n) is 2.47. The molecule has 0 unspecified atom stereocenters. The lowest BCUT2D eigenvalue weighted by atomic mass is 10.1. The molecule has 3 N–H and O–H groups in total. The van der Waals surface area contributed by atoms with Crippen LogP contribution in [0.4, 0.5) is 5.69 Å². The molecule has 0 aliphatic carbocycles. The van der Waals surface area contributed by atoms with Gasteiger partial charge in [0.25, 0.3) is 5.91 Å². The van der Waals surface area contributed by atoms with Gasteiger partial charge in [0.15, 0.2) is 0 Å². The predicted octanol–water partition coefficient (Wildman–Crippen LogP) is 3.58. The summed E-state index contributed by atoms with van der Waals surface area (Å²) in [6, 6.07) is 14.5. The third-order valence-electron chi connectivity index (χ3n) is 3.80. The largest absolute Gasteiger partial charge is 0.493 e. The van der Waals surface area contributed by atoms with Gasteiger partial charge in [0.05, 0.1) is 24.2 Å². The number of benzene rings is 1. The van der Waals surface area contributed by atoms with E-state index in [1.807, 2.05) is 30.3 Å². The topological polar surface area (TPSA) is 90.1 Å². The molecule has 2 heterocycles. The van der Waals surface area contributed by atoms with Crippen molar-refractivity contribution in [3.05, 3.63) is 71.6 Å². The lowest BCUT2D eigenvalue weighted by Gasteiger charge is -2.11. The number of anilines is 1. The number of halogens is 1. The van der Waals surface area contributed by atoms with Gasteiger partial charge in [-0.2, -0.15) is 0 Å². The molecule has 138 valence electrons. The quantitative estimate of drug-likeness (QED) is 0.481. The fourth-order valence-corrected chi connectivity index (χ4v) is 2.64. The van der Waals surface area contributed by atoms with Gasteiger partial charge < -0.3 is 15.8 Å². The molecule has 0 atom stereocenters. The van der Waals surface area contributed by atoms with Crippen molar-refractivity contribution in [1.29, 1.82) is 0 Å². The van der Waals surface area contributed by atoms with Crippen molar-refractivity contribution in [1.82, 2.24) is 15.3 Å². The maximum absolute atomic E-state index is 12.0. The molecule has 0 spiro atoms. The Hall–Kier alpha value is -3.12. The van der Waals surface area contributed by atoms with Gasteiger partial charge in [-0.1, -0.05) is 23.7 Å². The summed E-state index contributed by atoms with van der Waals surface area (Å²) in [4.78, 5) is 20.2. The third-order valence-corrected chi connectivity index (χ3v) is 4.01. The second-order valence-corrected chi connectivity index (χ2v) is 6.19. The smallest absolute Gasteiger partial charge is 0.251 e. The van der Waals surface area contributed by atoms with Crippen LogP contribution >= 0.6 is 11.6 Å². The van der Waals surface area contributed by atoms with Gasteiger partial charge in [-0.25, -0.2) is 4.98 Å². The Labute approximate surface area is 162 Å². The van der Waals surface area contributed by atoms with Crippen molar-refractivity contribution in [3.8, 4) is 17.0 Å². The second-order valence-electron chi connectivity index (χ2n) is 5.80. The van der Waals surface area contributed by atoms with Crippen LogP contribution in [-0.2, 0) is 0 Å². The lowest BCUT2D eigenvalue weighted by Crippen LogP contribution is -2.25. The zero-order chi connectivity index (χ0) is 19.1. The zero-order valence-electron chi connectivity index (χ0n) is 14.6. The van der Waals surface area contributed by atoms with Gasteiger partial charge in [0, 0.05) is 23.9 Å². The summed E-state index contributed by atoms with van der Waals surface area (Å²) in [5.74, 6) is 0.549. The molecule has 0 saturated carbocycles. The summed E-state index contributed by atoms with van der Waals surface area (Å²) in [5, 5.41) is 3.12. The number of para-hydroxylation sites is 1. The van der Waals surface area contributed by atoms with E-state index in [9.17, 15) is 4.79 Å². The summed E-state index contributed by atoms with van der Waals surface area (Å²) in [6.07, 6.45) is 3.78. The number of hydrogen-bond acceptors (Lipinski definition) is 5. The van der Waals surface area contributed by atoms with E-state index in [0.29, 0.717) is 36.0 Å². The van der Waals surface area contributed by atoms with E-state index in [1.165, 1.54) is 12.3 Å². The standard InChI is InChI=1S/C20H19ClN4O2/c21-19-12-14(8-10-23-19)20(26)24-9-3-11-27-18-5-2-1-4-16(18)17-7-6-15(22)13-25-17/h1-2,4-8,10,12-13H,3,9,11,22H2,(H,24,26). The number of nitrogens with zero attached hydrogens (tertiary/aromatic N) is 2. The SMILES string of the molecule is Nc1ccc(-c2ccccc2OCCCNC(=O)c2ccnc(Cl)c2)nc1. The van der Waals surface area contributed by atoms with Gasteiger partial charge in [0.1, 0.15) is 10.9 Å². The van der Waals surface area contributed by atoms with Gasteiger partial charge in [-0.3, -0.25) is 9.78 Å². The normalized spacial score (nSPS) is 10.4. The minimum absolute atomic E-state index is 0.189. The summed E-state index contributed by atoms with van der Waals surface area (Å²) < 4.78 is 5.87. The van der Waals surface area contributed by atoms with Crippen LogP contribution in [0.1, 0.15) is 16.8 Å². The van der Waals surface area contributed by atoms with E-state index in [1.54, 1.807) is 18.3 Å². The third kappa shape index (κ3) is 5.18. The van der Waals surface area contributed by atoms with E-state index >= 15 is 0 Å². The van der Waals surface area contributed by atoms with Crippen LogP contribution in [0.15, 0.2) is 60.9 Å². The Morgan fingerprint density at radius 2 is 2.00 bits per heavy atom. The van der Waals surface area contributed by atoms with Crippen LogP contribution in [0.25, 0.3) is 11.3 Å². The Balaban J connectivity index is 1.51. The molecule has 1 aromatic carbocycles. The van der Waals surface area contributed by atoms with E-state index in [2.05, 4.69) is 15.3 Å². The summed E-state index contributed by atoms with van der Waals surface area (Å²) in [7, 11) is 0. The molecule has 0 saturated heterocycles. The highest BCUT2D eigenvalue weighted by Gasteiger charge is 2.08.